The molecule has 0 fully saturated rings. The smallest absolute Gasteiger partial charge is 0.333 e. The molecule has 0 N–H and O–H groups in total. The van der Waals surface area contributed by atoms with Crippen LogP contribution >= 0.6 is 0 Å². The van der Waals surface area contributed by atoms with E-state index < -0.39 is 0 Å². The lowest BCUT2D eigenvalue weighted by molar-refractivity contribution is -0.139. The molecule has 0 atom stereocenters. The highest BCUT2D eigenvalue weighted by Gasteiger charge is 2.02. The first kappa shape index (κ1) is 19.6. The van der Waals surface area contributed by atoms with Crippen LogP contribution in [0, 0.1) is 0 Å². The van der Waals surface area contributed by atoms with Gasteiger partial charge in [-0.1, -0.05) is 51.7 Å². The lowest BCUT2D eigenvalue weighted by Gasteiger charge is -2.04. The van der Waals surface area contributed by atoms with Crippen molar-refractivity contribution in [2.45, 2.75) is 71.6 Å². The van der Waals surface area contributed by atoms with Crippen LogP contribution in [-0.4, -0.2) is 18.4 Å². The van der Waals surface area contributed by atoms with Gasteiger partial charge in [-0.2, -0.15) is 0 Å². The summed E-state index contributed by atoms with van der Waals surface area (Å²) in [6.45, 7) is 11.1. The molecule has 0 aromatic carbocycles. The Hall–Kier alpha value is -1.38. The Morgan fingerprint density at radius 2 is 1.24 bits per heavy atom. The number of esters is 1. The van der Waals surface area contributed by atoms with Crippen molar-refractivity contribution in [2.24, 2.45) is 0 Å². The Kier molecular flexibility index (Phi) is 11.6. The van der Waals surface area contributed by atoms with Crippen molar-refractivity contribution in [3.8, 4) is 0 Å². The fraction of sp³-hybridized carbons (Fsp3) is 0.667. The second kappa shape index (κ2) is 12.4. The van der Waals surface area contributed by atoms with Gasteiger partial charge in [0, 0.05) is 12.0 Å². The maximum atomic E-state index is 11.3. The quantitative estimate of drug-likeness (QED) is 0.279. The van der Waals surface area contributed by atoms with Gasteiger partial charge in [-0.15, -0.1) is 0 Å². The number of rotatable bonds is 13. The molecule has 0 unspecified atom stereocenters. The monoisotopic (exact) mass is 294 g/mol. The Morgan fingerprint density at radius 3 is 1.71 bits per heavy atom. The minimum absolute atomic E-state index is 0.194. The van der Waals surface area contributed by atoms with Crippen LogP contribution in [0.15, 0.2) is 24.3 Å². The van der Waals surface area contributed by atoms with Crippen LogP contribution in [0.4, 0.5) is 0 Å². The number of carbonyl (C=O) groups is 2. The lowest BCUT2D eigenvalue weighted by atomic mass is 10.0. The summed E-state index contributed by atoms with van der Waals surface area (Å²) in [4.78, 5) is 22.4. The van der Waals surface area contributed by atoms with Crippen molar-refractivity contribution in [2.75, 3.05) is 6.61 Å². The molecule has 0 aliphatic carbocycles. The van der Waals surface area contributed by atoms with Crippen molar-refractivity contribution >= 4 is 11.8 Å². The third kappa shape index (κ3) is 12.1. The van der Waals surface area contributed by atoms with Gasteiger partial charge in [0.25, 0.3) is 0 Å². The second-order valence-corrected chi connectivity index (χ2v) is 5.70. The second-order valence-electron chi connectivity index (χ2n) is 5.70. The van der Waals surface area contributed by atoms with Crippen LogP contribution in [0.5, 0.6) is 0 Å². The highest BCUT2D eigenvalue weighted by atomic mass is 16.5. The van der Waals surface area contributed by atoms with E-state index in [0.717, 1.165) is 25.7 Å². The molecule has 0 aromatic rings. The van der Waals surface area contributed by atoms with E-state index in [1.807, 2.05) is 0 Å². The molecule has 0 amide bonds. The van der Waals surface area contributed by atoms with Gasteiger partial charge in [-0.3, -0.25) is 4.79 Å². The number of allylic oxidation sites excluding steroid dienone is 1. The molecule has 3 nitrogen and oxygen atoms in total. The van der Waals surface area contributed by atoms with E-state index in [4.69, 9.17) is 4.74 Å². The fourth-order valence-electron chi connectivity index (χ4n) is 1.95. The molecular formula is C18H30O3. The lowest BCUT2D eigenvalue weighted by Crippen LogP contribution is -2.05. The van der Waals surface area contributed by atoms with Gasteiger partial charge < -0.3 is 4.74 Å². The number of hydrogen-bond acceptors (Lipinski definition) is 3. The third-order valence-corrected chi connectivity index (χ3v) is 3.36. The van der Waals surface area contributed by atoms with Crippen LogP contribution in [-0.2, 0) is 14.3 Å². The van der Waals surface area contributed by atoms with E-state index >= 15 is 0 Å². The van der Waals surface area contributed by atoms with E-state index in [9.17, 15) is 9.59 Å². The van der Waals surface area contributed by atoms with Crippen molar-refractivity contribution in [1.29, 1.82) is 0 Å². The van der Waals surface area contributed by atoms with Gasteiger partial charge in [0.2, 0.25) is 0 Å². The first-order chi connectivity index (χ1) is 9.95. The number of unbranched alkanes of at least 4 members (excludes halogenated alkanes) is 7. The normalized spacial score (nSPS) is 10.2. The molecule has 0 spiro atoms. The van der Waals surface area contributed by atoms with Crippen molar-refractivity contribution < 1.29 is 14.3 Å². The van der Waals surface area contributed by atoms with Crippen molar-refractivity contribution in [3.05, 3.63) is 24.3 Å². The Morgan fingerprint density at radius 1 is 0.762 bits per heavy atom. The summed E-state index contributed by atoms with van der Waals surface area (Å²) in [5.41, 5.74) is 1.13. The summed E-state index contributed by atoms with van der Waals surface area (Å²) in [6, 6.07) is 0. The molecule has 0 rings (SSSR count). The minimum atomic E-state index is -0.292. The first-order valence-corrected chi connectivity index (χ1v) is 7.96. The largest absolute Gasteiger partial charge is 0.462 e. The molecule has 3 heteroatoms. The van der Waals surface area contributed by atoms with Gasteiger partial charge in [-0.25, -0.2) is 4.79 Å². The first-order valence-electron chi connectivity index (χ1n) is 7.96. The molecule has 21 heavy (non-hydrogen) atoms. The average molecular weight is 294 g/mol. The molecular weight excluding hydrogens is 264 g/mol. The molecule has 120 valence electrons. The predicted molar refractivity (Wildman–Crippen MR) is 87.1 cm³/mol. The maximum Gasteiger partial charge on any atom is 0.333 e. The SMILES string of the molecule is C=C(C)C(=O)CCCCCCCCCCOC(=O)C(=C)C. The van der Waals surface area contributed by atoms with Crippen LogP contribution in [0.2, 0.25) is 0 Å². The van der Waals surface area contributed by atoms with Gasteiger partial charge in [0.15, 0.2) is 5.78 Å². The molecule has 0 bridgehead atoms. The van der Waals surface area contributed by atoms with Gasteiger partial charge in [0.05, 0.1) is 6.61 Å². The van der Waals surface area contributed by atoms with Crippen molar-refractivity contribution in [3.63, 3.8) is 0 Å². The van der Waals surface area contributed by atoms with E-state index in [2.05, 4.69) is 13.2 Å². The molecule has 0 aromatic heterocycles. The van der Waals surface area contributed by atoms with Gasteiger partial charge in [0.1, 0.15) is 0 Å². The summed E-state index contributed by atoms with van der Waals surface area (Å²) in [5, 5.41) is 0. The van der Waals surface area contributed by atoms with Crippen LogP contribution < -0.4 is 0 Å². The summed E-state index contributed by atoms with van der Waals surface area (Å²) in [5.74, 6) is -0.0985. The standard InChI is InChI=1S/C18H30O3/c1-15(2)17(19)13-11-9-7-5-6-8-10-12-14-21-18(20)16(3)4/h1,3,5-14H2,2,4H3. The van der Waals surface area contributed by atoms with E-state index in [1.165, 1.54) is 25.7 Å². The minimum Gasteiger partial charge on any atom is -0.462 e. The van der Waals surface area contributed by atoms with E-state index in [0.29, 0.717) is 24.2 Å². The Bertz CT molecular complexity index is 321. The number of Topliss-reactive ketones (excluding diaryl/α,β-unsaturated/α-hetero) is 1. The summed E-state index contributed by atoms with van der Waals surface area (Å²) in [6.07, 6.45) is 9.55. The number of carbonyl (C=O) groups excluding carboxylic acids is 2. The van der Waals surface area contributed by atoms with Crippen LogP contribution in [0.25, 0.3) is 0 Å². The Labute approximate surface area is 129 Å². The van der Waals surface area contributed by atoms with E-state index in [1.54, 1.807) is 13.8 Å². The van der Waals surface area contributed by atoms with Gasteiger partial charge in [-0.05, 0) is 32.3 Å². The zero-order valence-electron chi connectivity index (χ0n) is 13.7. The molecule has 0 saturated heterocycles. The molecule has 0 saturated carbocycles. The van der Waals surface area contributed by atoms with Gasteiger partial charge >= 0.3 is 5.97 Å². The molecule has 0 aliphatic heterocycles. The van der Waals surface area contributed by atoms with Crippen molar-refractivity contribution in [1.82, 2.24) is 0 Å². The topological polar surface area (TPSA) is 43.4 Å². The number of hydrogen-bond donors (Lipinski definition) is 0. The summed E-state index contributed by atoms with van der Waals surface area (Å²) < 4.78 is 5.03. The molecule has 0 heterocycles. The number of ketones is 1. The average Bonchev–Trinajstić information content (AvgIpc) is 2.43. The number of ether oxygens (including phenoxy) is 1. The fourth-order valence-corrected chi connectivity index (χ4v) is 1.95. The zero-order chi connectivity index (χ0) is 16.1. The summed E-state index contributed by atoms with van der Waals surface area (Å²) in [7, 11) is 0. The summed E-state index contributed by atoms with van der Waals surface area (Å²) >= 11 is 0. The predicted octanol–water partition coefficient (Wildman–Crippen LogP) is 4.76. The maximum absolute atomic E-state index is 11.3. The van der Waals surface area contributed by atoms with Crippen LogP contribution in [0.3, 0.4) is 0 Å². The van der Waals surface area contributed by atoms with Crippen LogP contribution in [0.1, 0.15) is 71.6 Å². The molecule has 0 aliphatic rings. The van der Waals surface area contributed by atoms with E-state index in [-0.39, 0.29) is 11.8 Å². The third-order valence-electron chi connectivity index (χ3n) is 3.36. The Balaban J connectivity index is 3.23. The zero-order valence-corrected chi connectivity index (χ0v) is 13.7. The molecule has 0 radical (unpaired) electrons. The highest BCUT2D eigenvalue weighted by molar-refractivity contribution is 5.93. The highest BCUT2D eigenvalue weighted by Crippen LogP contribution is 2.11.